The predicted octanol–water partition coefficient (Wildman–Crippen LogP) is 0.918. The van der Waals surface area contributed by atoms with Gasteiger partial charge < -0.3 is 16.5 Å². The third-order valence-electron chi connectivity index (χ3n) is 2.18. The van der Waals surface area contributed by atoms with Crippen LogP contribution in [0, 0.1) is 0 Å². The monoisotopic (exact) mass is 263 g/mol. The first-order valence-electron chi connectivity index (χ1n) is 5.31. The van der Waals surface area contributed by atoms with Gasteiger partial charge in [-0.3, -0.25) is 9.78 Å². The minimum absolute atomic E-state index is 0.102. The number of rotatable bonds is 3. The van der Waals surface area contributed by atoms with Crippen molar-refractivity contribution in [3.63, 3.8) is 0 Å². The standard InChI is InChI=1S/C11H13N5OS/c1-6(12)8-3-2-7(5-14-8)18-11-15-9(13)4-10(17)16-11/h2-6H,12H2,1H3,(H3,13,15,16,17). The maximum atomic E-state index is 11.2. The number of H-pyrrole nitrogens is 1. The molecule has 0 bridgehead atoms. The first-order valence-corrected chi connectivity index (χ1v) is 6.12. The number of hydrogen-bond donors (Lipinski definition) is 3. The Morgan fingerprint density at radius 1 is 1.44 bits per heavy atom. The lowest BCUT2D eigenvalue weighted by atomic mass is 10.2. The summed E-state index contributed by atoms with van der Waals surface area (Å²) in [4.78, 5) is 22.9. The lowest BCUT2D eigenvalue weighted by molar-refractivity contribution is 0.777. The number of nitrogens with one attached hydrogen (secondary N) is 1. The van der Waals surface area contributed by atoms with Crippen LogP contribution in [0.4, 0.5) is 5.82 Å². The van der Waals surface area contributed by atoms with E-state index in [2.05, 4.69) is 15.0 Å². The Morgan fingerprint density at radius 3 is 2.78 bits per heavy atom. The SMILES string of the molecule is CC(N)c1ccc(Sc2nc(N)cc(=O)[nH]2)cn1. The van der Waals surface area contributed by atoms with E-state index in [0.29, 0.717) is 5.16 Å². The maximum Gasteiger partial charge on any atom is 0.253 e. The van der Waals surface area contributed by atoms with Crippen molar-refractivity contribution in [3.8, 4) is 0 Å². The first-order chi connectivity index (χ1) is 8.54. The minimum Gasteiger partial charge on any atom is -0.383 e. The van der Waals surface area contributed by atoms with Crippen molar-refractivity contribution in [1.82, 2.24) is 15.0 Å². The molecular formula is C11H13N5OS. The van der Waals surface area contributed by atoms with Gasteiger partial charge in [-0.15, -0.1) is 0 Å². The molecule has 0 radical (unpaired) electrons. The molecule has 2 aromatic heterocycles. The molecule has 5 N–H and O–H groups in total. The average Bonchev–Trinajstić information content (AvgIpc) is 2.28. The van der Waals surface area contributed by atoms with Crippen LogP contribution < -0.4 is 17.0 Å². The Labute approximate surface area is 108 Å². The second kappa shape index (κ2) is 5.19. The number of anilines is 1. The smallest absolute Gasteiger partial charge is 0.253 e. The number of hydrogen-bond acceptors (Lipinski definition) is 6. The van der Waals surface area contributed by atoms with E-state index in [4.69, 9.17) is 11.5 Å². The van der Waals surface area contributed by atoms with E-state index in [1.54, 1.807) is 6.20 Å². The van der Waals surface area contributed by atoms with Gasteiger partial charge >= 0.3 is 0 Å². The van der Waals surface area contributed by atoms with E-state index in [1.807, 2.05) is 19.1 Å². The lowest BCUT2D eigenvalue weighted by Crippen LogP contribution is -2.09. The molecule has 2 aromatic rings. The van der Waals surface area contributed by atoms with Crippen molar-refractivity contribution >= 4 is 17.6 Å². The molecule has 0 spiro atoms. The molecule has 1 unspecified atom stereocenters. The summed E-state index contributed by atoms with van der Waals surface area (Å²) < 4.78 is 0. The van der Waals surface area contributed by atoms with Crippen LogP contribution in [0.5, 0.6) is 0 Å². The first kappa shape index (κ1) is 12.6. The minimum atomic E-state index is -0.273. The van der Waals surface area contributed by atoms with Gasteiger partial charge in [-0.05, 0) is 19.1 Å². The number of nitrogens with two attached hydrogens (primary N) is 2. The number of nitrogen functional groups attached to an aromatic ring is 1. The quantitative estimate of drug-likeness (QED) is 0.710. The molecule has 2 heterocycles. The molecule has 0 aliphatic rings. The Bertz CT molecular complexity index is 593. The topological polar surface area (TPSA) is 111 Å². The molecule has 0 amide bonds. The predicted molar refractivity (Wildman–Crippen MR) is 70.2 cm³/mol. The fraction of sp³-hybridized carbons (Fsp3) is 0.182. The van der Waals surface area contributed by atoms with Gasteiger partial charge in [-0.1, -0.05) is 11.8 Å². The summed E-state index contributed by atoms with van der Waals surface area (Å²) in [6, 6.07) is 4.85. The van der Waals surface area contributed by atoms with Crippen LogP contribution in [-0.4, -0.2) is 15.0 Å². The molecule has 6 nitrogen and oxygen atoms in total. The van der Waals surface area contributed by atoms with E-state index < -0.39 is 0 Å². The van der Waals surface area contributed by atoms with Crippen molar-refractivity contribution in [2.24, 2.45) is 5.73 Å². The number of nitrogens with zero attached hydrogens (tertiary/aromatic N) is 2. The number of aromatic amines is 1. The number of pyridine rings is 1. The molecule has 0 saturated carbocycles. The Kier molecular flexibility index (Phi) is 3.63. The molecule has 0 aliphatic heterocycles. The molecule has 1 atom stereocenters. The number of aromatic nitrogens is 3. The zero-order valence-electron chi connectivity index (χ0n) is 9.75. The van der Waals surface area contributed by atoms with E-state index in [9.17, 15) is 4.79 Å². The van der Waals surface area contributed by atoms with Crippen LogP contribution in [0.15, 0.2) is 39.2 Å². The van der Waals surface area contributed by atoms with E-state index >= 15 is 0 Å². The highest BCUT2D eigenvalue weighted by Gasteiger charge is 2.04. The van der Waals surface area contributed by atoms with Crippen LogP contribution in [0.1, 0.15) is 18.7 Å². The van der Waals surface area contributed by atoms with Crippen LogP contribution in [0.25, 0.3) is 0 Å². The molecule has 7 heteroatoms. The largest absolute Gasteiger partial charge is 0.383 e. The van der Waals surface area contributed by atoms with Gasteiger partial charge in [0.1, 0.15) is 5.82 Å². The van der Waals surface area contributed by atoms with Gasteiger partial charge in [0.25, 0.3) is 5.56 Å². The second-order valence-electron chi connectivity index (χ2n) is 3.78. The summed E-state index contributed by atoms with van der Waals surface area (Å²) >= 11 is 1.29. The van der Waals surface area contributed by atoms with Crippen molar-refractivity contribution in [2.45, 2.75) is 23.0 Å². The van der Waals surface area contributed by atoms with Crippen molar-refractivity contribution < 1.29 is 0 Å². The Morgan fingerprint density at radius 2 is 2.22 bits per heavy atom. The Hall–Kier alpha value is -1.86. The molecule has 18 heavy (non-hydrogen) atoms. The van der Waals surface area contributed by atoms with Gasteiger partial charge in [0.15, 0.2) is 5.16 Å². The molecule has 94 valence electrons. The summed E-state index contributed by atoms with van der Waals surface area (Å²) in [5.41, 5.74) is 11.8. The van der Waals surface area contributed by atoms with Gasteiger partial charge in [0, 0.05) is 23.2 Å². The fourth-order valence-corrected chi connectivity index (χ4v) is 2.10. The summed E-state index contributed by atoms with van der Waals surface area (Å²) in [5.74, 6) is 0.196. The summed E-state index contributed by atoms with van der Waals surface area (Å²) in [6.07, 6.45) is 1.69. The maximum absolute atomic E-state index is 11.2. The van der Waals surface area contributed by atoms with Gasteiger partial charge in [0.2, 0.25) is 0 Å². The van der Waals surface area contributed by atoms with Crippen molar-refractivity contribution in [2.75, 3.05) is 5.73 Å². The molecule has 2 rings (SSSR count). The molecule has 0 aliphatic carbocycles. The van der Waals surface area contributed by atoms with Crippen molar-refractivity contribution in [1.29, 1.82) is 0 Å². The zero-order valence-corrected chi connectivity index (χ0v) is 10.6. The highest BCUT2D eigenvalue weighted by molar-refractivity contribution is 7.99. The lowest BCUT2D eigenvalue weighted by Gasteiger charge is -2.05. The summed E-state index contributed by atoms with van der Waals surface area (Å²) in [6.45, 7) is 1.87. The van der Waals surface area contributed by atoms with Crippen LogP contribution >= 0.6 is 11.8 Å². The summed E-state index contributed by atoms with van der Waals surface area (Å²) in [5, 5.41) is 0.440. The van der Waals surface area contributed by atoms with Crippen LogP contribution in [0.3, 0.4) is 0 Å². The third-order valence-corrected chi connectivity index (χ3v) is 3.04. The van der Waals surface area contributed by atoms with Crippen molar-refractivity contribution in [3.05, 3.63) is 40.4 Å². The van der Waals surface area contributed by atoms with Gasteiger partial charge in [-0.25, -0.2) is 4.98 Å². The average molecular weight is 263 g/mol. The molecular weight excluding hydrogens is 250 g/mol. The van der Waals surface area contributed by atoms with E-state index in [0.717, 1.165) is 10.6 Å². The second-order valence-corrected chi connectivity index (χ2v) is 4.85. The molecule has 0 saturated heterocycles. The molecule has 0 fully saturated rings. The zero-order chi connectivity index (χ0) is 13.1. The van der Waals surface area contributed by atoms with E-state index in [1.165, 1.54) is 17.8 Å². The fourth-order valence-electron chi connectivity index (χ4n) is 1.33. The van der Waals surface area contributed by atoms with Gasteiger partial charge in [-0.2, -0.15) is 0 Å². The van der Waals surface area contributed by atoms with Crippen LogP contribution in [0.2, 0.25) is 0 Å². The third kappa shape index (κ3) is 3.08. The Balaban J connectivity index is 2.20. The summed E-state index contributed by atoms with van der Waals surface area (Å²) in [7, 11) is 0. The highest BCUT2D eigenvalue weighted by Crippen LogP contribution is 2.23. The molecule has 0 aromatic carbocycles. The van der Waals surface area contributed by atoms with Gasteiger partial charge in [0.05, 0.1) is 5.69 Å². The van der Waals surface area contributed by atoms with E-state index in [-0.39, 0.29) is 17.4 Å². The highest BCUT2D eigenvalue weighted by atomic mass is 32.2. The van der Waals surface area contributed by atoms with Crippen LogP contribution in [-0.2, 0) is 0 Å². The normalized spacial score (nSPS) is 12.3.